The number of ether oxygens (including phenoxy) is 2. The van der Waals surface area contributed by atoms with Gasteiger partial charge >= 0.3 is 0 Å². The second-order valence-electron chi connectivity index (χ2n) is 5.61. The number of carbonyl (C=O) groups is 1. The summed E-state index contributed by atoms with van der Waals surface area (Å²) in [7, 11) is 1.94. The van der Waals surface area contributed by atoms with E-state index in [1.807, 2.05) is 36.9 Å². The first-order valence-electron chi connectivity index (χ1n) is 7.86. The minimum atomic E-state index is -0.172. The Morgan fingerprint density at radius 1 is 1.61 bits per heavy atom. The van der Waals surface area contributed by atoms with Gasteiger partial charge in [-0.3, -0.25) is 9.89 Å². The summed E-state index contributed by atoms with van der Waals surface area (Å²) in [6, 6.07) is 5.62. The van der Waals surface area contributed by atoms with Gasteiger partial charge in [-0.15, -0.1) is 0 Å². The zero-order chi connectivity index (χ0) is 16.2. The Morgan fingerprint density at radius 2 is 2.48 bits per heavy atom. The molecule has 3 heterocycles. The maximum absolute atomic E-state index is 12.4. The second kappa shape index (κ2) is 6.97. The number of aryl methyl sites for hydroxylation is 1. The molecule has 124 valence electrons. The van der Waals surface area contributed by atoms with Gasteiger partial charge in [-0.2, -0.15) is 5.10 Å². The molecule has 0 unspecified atom stereocenters. The minimum absolute atomic E-state index is 0.0435. The number of nitrogens with zero attached hydrogens (tertiary/aromatic N) is 2. The number of aromatic nitrogens is 3. The van der Waals surface area contributed by atoms with Crippen molar-refractivity contribution >= 4 is 5.91 Å². The summed E-state index contributed by atoms with van der Waals surface area (Å²) in [6.07, 6.45) is 2.58. The van der Waals surface area contributed by atoms with Crippen LogP contribution in [0.5, 0.6) is 0 Å². The number of hydrogen-bond donors (Lipinski definition) is 2. The Labute approximate surface area is 135 Å². The fourth-order valence-electron chi connectivity index (χ4n) is 2.80. The van der Waals surface area contributed by atoms with Crippen LogP contribution in [0.25, 0.3) is 11.4 Å². The number of H-pyrrole nitrogens is 1. The van der Waals surface area contributed by atoms with Gasteiger partial charge < -0.3 is 19.4 Å². The average Bonchev–Trinajstić information content (AvgIpc) is 3.18. The van der Waals surface area contributed by atoms with Gasteiger partial charge in [0.25, 0.3) is 5.91 Å². The van der Waals surface area contributed by atoms with Crippen molar-refractivity contribution < 1.29 is 14.3 Å². The molecule has 1 saturated heterocycles. The van der Waals surface area contributed by atoms with Crippen LogP contribution in [0.2, 0.25) is 0 Å². The lowest BCUT2D eigenvalue weighted by atomic mass is 10.1. The number of rotatable bonds is 5. The van der Waals surface area contributed by atoms with Crippen LogP contribution in [-0.2, 0) is 16.5 Å². The molecule has 0 radical (unpaired) electrons. The van der Waals surface area contributed by atoms with Crippen molar-refractivity contribution in [1.29, 1.82) is 0 Å². The van der Waals surface area contributed by atoms with Gasteiger partial charge in [0.15, 0.2) is 0 Å². The monoisotopic (exact) mass is 318 g/mol. The van der Waals surface area contributed by atoms with E-state index < -0.39 is 0 Å². The normalized spacial score (nSPS) is 21.3. The predicted molar refractivity (Wildman–Crippen MR) is 85.1 cm³/mol. The molecule has 1 fully saturated rings. The lowest BCUT2D eigenvalue weighted by molar-refractivity contribution is -0.0633. The molecule has 3 rings (SSSR count). The Morgan fingerprint density at radius 3 is 3.22 bits per heavy atom. The van der Waals surface area contributed by atoms with Gasteiger partial charge in [-0.05, 0) is 31.5 Å². The molecule has 2 N–H and O–H groups in total. The van der Waals surface area contributed by atoms with Crippen LogP contribution in [0.3, 0.4) is 0 Å². The lowest BCUT2D eigenvalue weighted by Gasteiger charge is -2.31. The smallest absolute Gasteiger partial charge is 0.269 e. The van der Waals surface area contributed by atoms with Crippen LogP contribution >= 0.6 is 0 Å². The van der Waals surface area contributed by atoms with E-state index in [0.717, 1.165) is 17.8 Å². The average molecular weight is 318 g/mol. The molecular weight excluding hydrogens is 296 g/mol. The first-order chi connectivity index (χ1) is 11.2. The highest BCUT2D eigenvalue weighted by atomic mass is 16.5. The third-order valence-electron chi connectivity index (χ3n) is 4.03. The standard InChI is InChI=1S/C16H22N4O3/c1-3-23-15-10-22-8-6-11(15)17-16(21)13-9-12(18-19-13)14-5-4-7-20(14)2/h4-5,7,9,11,15H,3,6,8,10H2,1-2H3,(H,17,21)(H,18,19)/t11-,15-/m1/s1. The van der Waals surface area contributed by atoms with Gasteiger partial charge in [-0.25, -0.2) is 0 Å². The summed E-state index contributed by atoms with van der Waals surface area (Å²) in [5.74, 6) is -0.172. The van der Waals surface area contributed by atoms with Gasteiger partial charge in [0.05, 0.1) is 18.3 Å². The number of amides is 1. The van der Waals surface area contributed by atoms with Crippen LogP contribution in [0.15, 0.2) is 24.4 Å². The molecule has 7 heteroatoms. The van der Waals surface area contributed by atoms with E-state index in [1.165, 1.54) is 0 Å². The van der Waals surface area contributed by atoms with Crippen LogP contribution in [0.1, 0.15) is 23.8 Å². The molecule has 2 aromatic rings. The van der Waals surface area contributed by atoms with E-state index in [-0.39, 0.29) is 18.1 Å². The highest BCUT2D eigenvalue weighted by Crippen LogP contribution is 2.18. The highest BCUT2D eigenvalue weighted by molar-refractivity contribution is 5.93. The quantitative estimate of drug-likeness (QED) is 0.872. The number of carbonyl (C=O) groups excluding carboxylic acids is 1. The molecule has 0 bridgehead atoms. The van der Waals surface area contributed by atoms with Crippen molar-refractivity contribution in [2.24, 2.45) is 7.05 Å². The molecular formula is C16H22N4O3. The Bertz CT molecular complexity index is 662. The maximum atomic E-state index is 12.4. The fourth-order valence-corrected chi connectivity index (χ4v) is 2.80. The Kier molecular flexibility index (Phi) is 4.78. The van der Waals surface area contributed by atoms with E-state index in [9.17, 15) is 4.79 Å². The summed E-state index contributed by atoms with van der Waals surface area (Å²) in [5, 5.41) is 10.1. The molecule has 0 spiro atoms. The summed E-state index contributed by atoms with van der Waals surface area (Å²) < 4.78 is 13.0. The molecule has 2 atom stereocenters. The van der Waals surface area contributed by atoms with Crippen molar-refractivity contribution in [3.05, 3.63) is 30.1 Å². The summed E-state index contributed by atoms with van der Waals surface area (Å²) in [6.45, 7) is 3.68. The number of nitrogens with one attached hydrogen (secondary N) is 2. The third-order valence-corrected chi connectivity index (χ3v) is 4.03. The molecule has 7 nitrogen and oxygen atoms in total. The van der Waals surface area contributed by atoms with E-state index in [0.29, 0.717) is 25.5 Å². The molecule has 1 aliphatic rings. The topological polar surface area (TPSA) is 81.2 Å². The van der Waals surface area contributed by atoms with Crippen LogP contribution < -0.4 is 5.32 Å². The number of hydrogen-bond acceptors (Lipinski definition) is 4. The Balaban J connectivity index is 1.68. The van der Waals surface area contributed by atoms with Gasteiger partial charge in [0.1, 0.15) is 17.5 Å². The SMILES string of the molecule is CCO[C@@H]1COCC[C@H]1NC(=O)c1cc(-c2cccn2C)n[nH]1. The number of aromatic amines is 1. The molecule has 1 aliphatic heterocycles. The summed E-state index contributed by atoms with van der Waals surface area (Å²) in [4.78, 5) is 12.4. The Hall–Kier alpha value is -2.12. The van der Waals surface area contributed by atoms with Crippen molar-refractivity contribution in [3.8, 4) is 11.4 Å². The maximum Gasteiger partial charge on any atom is 0.269 e. The van der Waals surface area contributed by atoms with Crippen molar-refractivity contribution in [1.82, 2.24) is 20.1 Å². The van der Waals surface area contributed by atoms with Gasteiger partial charge in [0, 0.05) is 26.5 Å². The van der Waals surface area contributed by atoms with E-state index in [4.69, 9.17) is 9.47 Å². The molecule has 0 aliphatic carbocycles. The summed E-state index contributed by atoms with van der Waals surface area (Å²) >= 11 is 0. The zero-order valence-electron chi connectivity index (χ0n) is 13.4. The predicted octanol–water partition coefficient (Wildman–Crippen LogP) is 1.34. The molecule has 1 amide bonds. The van der Waals surface area contributed by atoms with Crippen molar-refractivity contribution in [3.63, 3.8) is 0 Å². The first-order valence-corrected chi connectivity index (χ1v) is 7.86. The molecule has 0 aromatic carbocycles. The lowest BCUT2D eigenvalue weighted by Crippen LogP contribution is -2.50. The highest BCUT2D eigenvalue weighted by Gasteiger charge is 2.28. The zero-order valence-corrected chi connectivity index (χ0v) is 13.4. The second-order valence-corrected chi connectivity index (χ2v) is 5.61. The minimum Gasteiger partial charge on any atom is -0.379 e. The van der Waals surface area contributed by atoms with Crippen LogP contribution in [0, 0.1) is 0 Å². The van der Waals surface area contributed by atoms with Crippen molar-refractivity contribution in [2.75, 3.05) is 19.8 Å². The summed E-state index contributed by atoms with van der Waals surface area (Å²) in [5.41, 5.74) is 2.15. The molecule has 0 saturated carbocycles. The van der Waals surface area contributed by atoms with Gasteiger partial charge in [0.2, 0.25) is 0 Å². The van der Waals surface area contributed by atoms with Crippen LogP contribution in [-0.4, -0.2) is 52.6 Å². The fraction of sp³-hybridized carbons (Fsp3) is 0.500. The van der Waals surface area contributed by atoms with Crippen LogP contribution in [0.4, 0.5) is 0 Å². The van der Waals surface area contributed by atoms with E-state index in [1.54, 1.807) is 6.07 Å². The van der Waals surface area contributed by atoms with Gasteiger partial charge in [-0.1, -0.05) is 0 Å². The third kappa shape index (κ3) is 3.46. The first kappa shape index (κ1) is 15.8. The van der Waals surface area contributed by atoms with E-state index >= 15 is 0 Å². The molecule has 2 aromatic heterocycles. The largest absolute Gasteiger partial charge is 0.379 e. The molecule has 23 heavy (non-hydrogen) atoms. The van der Waals surface area contributed by atoms with Crippen molar-refractivity contribution in [2.45, 2.75) is 25.5 Å². The van der Waals surface area contributed by atoms with E-state index in [2.05, 4.69) is 15.5 Å².